The lowest BCUT2D eigenvalue weighted by atomic mass is 10.2. The van der Waals surface area contributed by atoms with E-state index in [1.165, 1.54) is 0 Å². The molecule has 1 fully saturated rings. The van der Waals surface area contributed by atoms with Crippen molar-refractivity contribution in [2.24, 2.45) is 0 Å². The average molecular weight is 234 g/mol. The van der Waals surface area contributed by atoms with Crippen LogP contribution in [0.4, 0.5) is 5.82 Å². The second-order valence-electron chi connectivity index (χ2n) is 4.42. The van der Waals surface area contributed by atoms with Crippen LogP contribution in [0.3, 0.4) is 0 Å². The maximum Gasteiger partial charge on any atom is 0.151 e. The Hall–Kier alpha value is -1.66. The maximum atomic E-state index is 9.91. The van der Waals surface area contributed by atoms with Gasteiger partial charge in [-0.1, -0.05) is 0 Å². The Balaban J connectivity index is 2.10. The van der Waals surface area contributed by atoms with Crippen LogP contribution in [-0.2, 0) is 0 Å². The Morgan fingerprint density at radius 3 is 2.82 bits per heavy atom. The number of aliphatic hydroxyl groups is 2. The number of fused-ring (bicyclic) bond motifs is 1. The summed E-state index contributed by atoms with van der Waals surface area (Å²) in [6, 6.07) is 1.67. The van der Waals surface area contributed by atoms with Crippen molar-refractivity contribution in [1.29, 1.82) is 0 Å². The molecule has 2 aromatic heterocycles. The van der Waals surface area contributed by atoms with Crippen molar-refractivity contribution >= 4 is 16.9 Å². The third-order valence-corrected chi connectivity index (χ3v) is 3.42. The van der Waals surface area contributed by atoms with E-state index in [9.17, 15) is 10.2 Å². The normalized spacial score (nSPS) is 28.9. The summed E-state index contributed by atoms with van der Waals surface area (Å²) in [5, 5.41) is 19.5. The average Bonchev–Trinajstić information content (AvgIpc) is 2.86. The van der Waals surface area contributed by atoms with Crippen molar-refractivity contribution in [3.8, 4) is 0 Å². The molecule has 0 saturated heterocycles. The smallest absolute Gasteiger partial charge is 0.151 e. The number of aromatic nitrogens is 3. The Labute approximate surface area is 97.7 Å². The number of aliphatic hydroxyl groups excluding tert-OH is 2. The highest BCUT2D eigenvalue weighted by Crippen LogP contribution is 2.33. The summed E-state index contributed by atoms with van der Waals surface area (Å²) < 4.78 is 1.87. The van der Waals surface area contributed by atoms with Gasteiger partial charge in [-0.2, -0.15) is 0 Å². The highest BCUT2D eigenvalue weighted by atomic mass is 16.3. The van der Waals surface area contributed by atoms with E-state index in [1.54, 1.807) is 12.5 Å². The van der Waals surface area contributed by atoms with Crippen molar-refractivity contribution in [3.05, 3.63) is 18.6 Å². The highest BCUT2D eigenvalue weighted by molar-refractivity contribution is 5.84. The van der Waals surface area contributed by atoms with Crippen LogP contribution in [0.1, 0.15) is 18.9 Å². The molecule has 90 valence electrons. The molecule has 0 bridgehead atoms. The number of nitrogen functional groups attached to an aromatic ring is 1. The van der Waals surface area contributed by atoms with Gasteiger partial charge in [-0.3, -0.25) is 0 Å². The van der Waals surface area contributed by atoms with Gasteiger partial charge in [-0.15, -0.1) is 0 Å². The molecule has 6 heteroatoms. The van der Waals surface area contributed by atoms with E-state index in [0.717, 1.165) is 11.9 Å². The first-order valence-corrected chi connectivity index (χ1v) is 5.61. The minimum Gasteiger partial charge on any atom is -0.390 e. The monoisotopic (exact) mass is 234 g/mol. The number of hydrogen-bond donors (Lipinski definition) is 3. The number of nitrogens with two attached hydrogens (primary N) is 1. The molecule has 1 aliphatic carbocycles. The third kappa shape index (κ3) is 1.49. The zero-order chi connectivity index (χ0) is 12.0. The molecule has 0 aliphatic heterocycles. The predicted octanol–water partition coefficient (Wildman–Crippen LogP) is 0.0702. The quantitative estimate of drug-likeness (QED) is 0.648. The van der Waals surface area contributed by atoms with Crippen LogP contribution in [0.15, 0.2) is 18.6 Å². The van der Waals surface area contributed by atoms with Gasteiger partial charge in [0.25, 0.3) is 0 Å². The number of rotatable bonds is 1. The van der Waals surface area contributed by atoms with Gasteiger partial charge in [0.05, 0.1) is 24.0 Å². The fraction of sp³-hybridized carbons (Fsp3) is 0.455. The first-order chi connectivity index (χ1) is 8.18. The standard InChI is InChI=1S/C11H14N4O2/c12-11-9-6(3-4-13-11)15(5-14-9)7-1-2-8(16)10(7)17/h3-5,7-8,10,16-17H,1-2H2,(H2,12,13)/t7-,8-,10+/m1/s1. The van der Waals surface area contributed by atoms with Crippen LogP contribution >= 0.6 is 0 Å². The fourth-order valence-electron chi connectivity index (χ4n) is 2.49. The van der Waals surface area contributed by atoms with Crippen molar-refractivity contribution in [3.63, 3.8) is 0 Å². The summed E-state index contributed by atoms with van der Waals surface area (Å²) in [6.45, 7) is 0. The molecule has 2 aromatic rings. The molecule has 2 heterocycles. The highest BCUT2D eigenvalue weighted by Gasteiger charge is 2.35. The van der Waals surface area contributed by atoms with Crippen molar-refractivity contribution in [2.45, 2.75) is 31.1 Å². The van der Waals surface area contributed by atoms with Gasteiger partial charge in [0, 0.05) is 6.20 Å². The molecule has 0 amide bonds. The zero-order valence-electron chi connectivity index (χ0n) is 9.19. The number of nitrogens with zero attached hydrogens (tertiary/aromatic N) is 3. The van der Waals surface area contributed by atoms with Gasteiger partial charge >= 0.3 is 0 Å². The Morgan fingerprint density at radius 2 is 2.12 bits per heavy atom. The molecular formula is C11H14N4O2. The molecule has 0 spiro atoms. The lowest BCUT2D eigenvalue weighted by molar-refractivity contribution is 0.0242. The summed E-state index contributed by atoms with van der Waals surface area (Å²) in [7, 11) is 0. The van der Waals surface area contributed by atoms with Gasteiger partial charge in [0.2, 0.25) is 0 Å². The van der Waals surface area contributed by atoms with E-state index in [1.807, 2.05) is 10.6 Å². The van der Waals surface area contributed by atoms with E-state index >= 15 is 0 Å². The summed E-state index contributed by atoms with van der Waals surface area (Å²) in [5.41, 5.74) is 7.21. The predicted molar refractivity (Wildman–Crippen MR) is 62.2 cm³/mol. The summed E-state index contributed by atoms with van der Waals surface area (Å²) in [4.78, 5) is 8.18. The van der Waals surface area contributed by atoms with Gasteiger partial charge < -0.3 is 20.5 Å². The zero-order valence-corrected chi connectivity index (χ0v) is 9.19. The lowest BCUT2D eigenvalue weighted by Gasteiger charge is -2.18. The van der Waals surface area contributed by atoms with Crippen LogP contribution in [0.25, 0.3) is 11.0 Å². The van der Waals surface area contributed by atoms with Gasteiger partial charge in [0.15, 0.2) is 5.82 Å². The maximum absolute atomic E-state index is 9.91. The minimum absolute atomic E-state index is 0.142. The molecule has 1 aliphatic rings. The molecular weight excluding hydrogens is 220 g/mol. The number of anilines is 1. The van der Waals surface area contributed by atoms with Crippen molar-refractivity contribution < 1.29 is 10.2 Å². The summed E-state index contributed by atoms with van der Waals surface area (Å²) in [5.74, 6) is 0.384. The van der Waals surface area contributed by atoms with Crippen LogP contribution in [0, 0.1) is 0 Å². The Kier molecular flexibility index (Phi) is 2.27. The summed E-state index contributed by atoms with van der Waals surface area (Å²) in [6.07, 6.45) is 3.20. The van der Waals surface area contributed by atoms with E-state index in [-0.39, 0.29) is 6.04 Å². The minimum atomic E-state index is -0.748. The van der Waals surface area contributed by atoms with E-state index < -0.39 is 12.2 Å². The van der Waals surface area contributed by atoms with E-state index in [4.69, 9.17) is 5.73 Å². The molecule has 0 unspecified atom stereocenters. The largest absolute Gasteiger partial charge is 0.390 e. The molecule has 3 atom stereocenters. The van der Waals surface area contributed by atoms with Crippen LogP contribution in [0.2, 0.25) is 0 Å². The number of imidazole rings is 1. The van der Waals surface area contributed by atoms with Crippen molar-refractivity contribution in [2.75, 3.05) is 5.73 Å². The first kappa shape index (κ1) is 10.5. The SMILES string of the molecule is Nc1nccc2c1ncn2[C@@H]1CC[C@@H](O)[C@H]1O. The topological polar surface area (TPSA) is 97.2 Å². The van der Waals surface area contributed by atoms with Gasteiger partial charge in [-0.05, 0) is 18.9 Å². The van der Waals surface area contributed by atoms with E-state index in [2.05, 4.69) is 9.97 Å². The molecule has 1 saturated carbocycles. The van der Waals surface area contributed by atoms with Crippen LogP contribution in [-0.4, -0.2) is 37.0 Å². The number of pyridine rings is 1. The summed E-state index contributed by atoms with van der Waals surface area (Å²) >= 11 is 0. The molecule has 17 heavy (non-hydrogen) atoms. The van der Waals surface area contributed by atoms with E-state index in [0.29, 0.717) is 17.8 Å². The molecule has 0 radical (unpaired) electrons. The van der Waals surface area contributed by atoms with Crippen molar-refractivity contribution in [1.82, 2.24) is 14.5 Å². The third-order valence-electron chi connectivity index (χ3n) is 3.42. The molecule has 3 rings (SSSR count). The fourth-order valence-corrected chi connectivity index (χ4v) is 2.49. The Morgan fingerprint density at radius 1 is 1.29 bits per heavy atom. The van der Waals surface area contributed by atoms with Gasteiger partial charge in [-0.25, -0.2) is 9.97 Å². The number of hydrogen-bond acceptors (Lipinski definition) is 5. The second-order valence-corrected chi connectivity index (χ2v) is 4.42. The molecule has 0 aromatic carbocycles. The second kappa shape index (κ2) is 3.68. The molecule has 4 N–H and O–H groups in total. The van der Waals surface area contributed by atoms with Gasteiger partial charge in [0.1, 0.15) is 11.6 Å². The lowest BCUT2D eigenvalue weighted by Crippen LogP contribution is -2.26. The Bertz CT molecular complexity index is 553. The molecule has 6 nitrogen and oxygen atoms in total. The first-order valence-electron chi connectivity index (χ1n) is 5.61. The van der Waals surface area contributed by atoms with Crippen LogP contribution < -0.4 is 5.73 Å². The van der Waals surface area contributed by atoms with Crippen LogP contribution in [0.5, 0.6) is 0 Å².